The SMILES string of the molecule is CC(Nc1ccc2cc(Br)ccc2c1)C(=O)O. The summed E-state index contributed by atoms with van der Waals surface area (Å²) in [4.78, 5) is 10.7. The molecule has 2 rings (SSSR count). The number of nitrogens with one attached hydrogen (secondary N) is 1. The van der Waals surface area contributed by atoms with Gasteiger partial charge in [-0.05, 0) is 42.0 Å². The summed E-state index contributed by atoms with van der Waals surface area (Å²) < 4.78 is 1.03. The second-order valence-corrected chi connectivity index (χ2v) is 4.83. The Morgan fingerprint density at radius 3 is 2.59 bits per heavy atom. The molecule has 0 fully saturated rings. The van der Waals surface area contributed by atoms with Crippen molar-refractivity contribution in [1.29, 1.82) is 0 Å². The molecule has 2 aromatic carbocycles. The van der Waals surface area contributed by atoms with Crippen molar-refractivity contribution in [3.05, 3.63) is 40.9 Å². The van der Waals surface area contributed by atoms with Gasteiger partial charge >= 0.3 is 5.97 Å². The molecule has 0 heterocycles. The lowest BCUT2D eigenvalue weighted by atomic mass is 10.1. The maximum absolute atomic E-state index is 10.7. The van der Waals surface area contributed by atoms with E-state index >= 15 is 0 Å². The first-order chi connectivity index (χ1) is 8.06. The van der Waals surface area contributed by atoms with E-state index in [1.165, 1.54) is 0 Å². The second kappa shape index (κ2) is 4.75. The monoisotopic (exact) mass is 293 g/mol. The Hall–Kier alpha value is -1.55. The van der Waals surface area contributed by atoms with E-state index in [1.807, 2.05) is 36.4 Å². The topological polar surface area (TPSA) is 49.3 Å². The van der Waals surface area contributed by atoms with E-state index in [4.69, 9.17) is 5.11 Å². The van der Waals surface area contributed by atoms with Crippen LogP contribution in [0, 0.1) is 0 Å². The standard InChI is InChI=1S/C13H12BrNO2/c1-8(13(16)17)15-12-5-3-9-6-11(14)4-2-10(9)7-12/h2-8,15H,1H3,(H,16,17). The molecule has 0 aliphatic rings. The number of carbonyl (C=O) groups is 1. The third-order valence-corrected chi connectivity index (χ3v) is 3.05. The fourth-order valence-electron chi connectivity index (χ4n) is 1.62. The molecule has 1 atom stereocenters. The van der Waals surface area contributed by atoms with E-state index < -0.39 is 12.0 Å². The highest BCUT2D eigenvalue weighted by Crippen LogP contribution is 2.23. The molecule has 0 saturated carbocycles. The minimum absolute atomic E-state index is 0.595. The van der Waals surface area contributed by atoms with Crippen LogP contribution in [-0.2, 0) is 4.79 Å². The summed E-state index contributed by atoms with van der Waals surface area (Å²) in [5, 5.41) is 14.0. The zero-order chi connectivity index (χ0) is 12.4. The quantitative estimate of drug-likeness (QED) is 0.911. The van der Waals surface area contributed by atoms with Crippen molar-refractivity contribution in [3.8, 4) is 0 Å². The Morgan fingerprint density at radius 2 is 1.88 bits per heavy atom. The van der Waals surface area contributed by atoms with Crippen LogP contribution in [0.25, 0.3) is 10.8 Å². The zero-order valence-corrected chi connectivity index (χ0v) is 10.9. The van der Waals surface area contributed by atoms with Crippen molar-refractivity contribution in [1.82, 2.24) is 0 Å². The van der Waals surface area contributed by atoms with Crippen LogP contribution in [0.2, 0.25) is 0 Å². The van der Waals surface area contributed by atoms with E-state index in [-0.39, 0.29) is 0 Å². The highest BCUT2D eigenvalue weighted by Gasteiger charge is 2.09. The highest BCUT2D eigenvalue weighted by atomic mass is 79.9. The first-order valence-corrected chi connectivity index (χ1v) is 6.04. The predicted octanol–water partition coefficient (Wildman–Crippen LogP) is 3.49. The largest absolute Gasteiger partial charge is 0.480 e. The van der Waals surface area contributed by atoms with Crippen LogP contribution in [0.4, 0.5) is 5.69 Å². The fourth-order valence-corrected chi connectivity index (χ4v) is 2.00. The number of carboxylic acids is 1. The normalized spacial score (nSPS) is 12.4. The van der Waals surface area contributed by atoms with E-state index in [0.29, 0.717) is 0 Å². The van der Waals surface area contributed by atoms with Crippen LogP contribution < -0.4 is 5.32 Å². The van der Waals surface area contributed by atoms with Gasteiger partial charge in [0.15, 0.2) is 0 Å². The van der Waals surface area contributed by atoms with Crippen LogP contribution >= 0.6 is 15.9 Å². The van der Waals surface area contributed by atoms with Gasteiger partial charge in [-0.15, -0.1) is 0 Å². The third kappa shape index (κ3) is 2.77. The number of carboxylic acid groups (broad SMARTS) is 1. The number of hydrogen-bond donors (Lipinski definition) is 2. The number of hydrogen-bond acceptors (Lipinski definition) is 2. The highest BCUT2D eigenvalue weighted by molar-refractivity contribution is 9.10. The van der Waals surface area contributed by atoms with Crippen LogP contribution in [0.1, 0.15) is 6.92 Å². The molecule has 0 saturated heterocycles. The van der Waals surface area contributed by atoms with E-state index in [9.17, 15) is 4.79 Å². The third-order valence-electron chi connectivity index (χ3n) is 2.56. The van der Waals surface area contributed by atoms with E-state index in [2.05, 4.69) is 21.2 Å². The molecule has 2 N–H and O–H groups in total. The number of rotatable bonds is 3. The molecule has 0 radical (unpaired) electrons. The van der Waals surface area contributed by atoms with Crippen molar-refractivity contribution < 1.29 is 9.90 Å². The summed E-state index contributed by atoms with van der Waals surface area (Å²) in [6.45, 7) is 1.62. The van der Waals surface area contributed by atoms with Gasteiger partial charge in [-0.25, -0.2) is 0 Å². The van der Waals surface area contributed by atoms with Gasteiger partial charge < -0.3 is 10.4 Å². The molecule has 0 bridgehead atoms. The van der Waals surface area contributed by atoms with Crippen molar-refractivity contribution in [3.63, 3.8) is 0 Å². The lowest BCUT2D eigenvalue weighted by Gasteiger charge is -2.11. The van der Waals surface area contributed by atoms with Crippen molar-refractivity contribution in [2.45, 2.75) is 13.0 Å². The van der Waals surface area contributed by atoms with Crippen molar-refractivity contribution in [2.75, 3.05) is 5.32 Å². The molecule has 17 heavy (non-hydrogen) atoms. The van der Waals surface area contributed by atoms with Gasteiger partial charge in [-0.2, -0.15) is 0 Å². The van der Waals surface area contributed by atoms with E-state index in [1.54, 1.807) is 6.92 Å². The Morgan fingerprint density at radius 1 is 1.24 bits per heavy atom. The molecule has 1 unspecified atom stereocenters. The van der Waals surface area contributed by atoms with Gasteiger partial charge in [-0.3, -0.25) is 4.79 Å². The van der Waals surface area contributed by atoms with Crippen LogP contribution in [-0.4, -0.2) is 17.1 Å². The number of aliphatic carboxylic acids is 1. The predicted molar refractivity (Wildman–Crippen MR) is 72.4 cm³/mol. The molecular formula is C13H12BrNO2. The Bertz CT molecular complexity index is 568. The lowest BCUT2D eigenvalue weighted by molar-refractivity contribution is -0.137. The van der Waals surface area contributed by atoms with Gasteiger partial charge in [0.25, 0.3) is 0 Å². The molecule has 0 aromatic heterocycles. The van der Waals surface area contributed by atoms with Crippen LogP contribution in [0.3, 0.4) is 0 Å². The van der Waals surface area contributed by atoms with Crippen molar-refractivity contribution in [2.24, 2.45) is 0 Å². The molecule has 0 spiro atoms. The summed E-state index contributed by atoms with van der Waals surface area (Å²) in [6, 6.07) is 11.2. The van der Waals surface area contributed by atoms with Gasteiger partial charge in [0.05, 0.1) is 0 Å². The van der Waals surface area contributed by atoms with Gasteiger partial charge in [0.2, 0.25) is 0 Å². The molecule has 0 aliphatic carbocycles. The van der Waals surface area contributed by atoms with E-state index in [0.717, 1.165) is 20.9 Å². The number of halogens is 1. The Balaban J connectivity index is 2.32. The zero-order valence-electron chi connectivity index (χ0n) is 9.27. The summed E-state index contributed by atoms with van der Waals surface area (Å²) >= 11 is 3.42. The lowest BCUT2D eigenvalue weighted by Crippen LogP contribution is -2.25. The number of fused-ring (bicyclic) bond motifs is 1. The fraction of sp³-hybridized carbons (Fsp3) is 0.154. The molecular weight excluding hydrogens is 282 g/mol. The summed E-state index contributed by atoms with van der Waals surface area (Å²) in [5.41, 5.74) is 0.815. The van der Waals surface area contributed by atoms with Crippen LogP contribution in [0.5, 0.6) is 0 Å². The number of anilines is 1. The van der Waals surface area contributed by atoms with Gasteiger partial charge in [0, 0.05) is 10.2 Å². The van der Waals surface area contributed by atoms with Gasteiger partial charge in [-0.1, -0.05) is 28.1 Å². The Kier molecular flexibility index (Phi) is 3.33. The number of benzene rings is 2. The van der Waals surface area contributed by atoms with Crippen LogP contribution in [0.15, 0.2) is 40.9 Å². The summed E-state index contributed by atoms with van der Waals surface area (Å²) in [6.07, 6.45) is 0. The maximum Gasteiger partial charge on any atom is 0.325 e. The Labute approximate surface area is 108 Å². The summed E-state index contributed by atoms with van der Waals surface area (Å²) in [7, 11) is 0. The first-order valence-electron chi connectivity index (χ1n) is 5.25. The van der Waals surface area contributed by atoms with Gasteiger partial charge in [0.1, 0.15) is 6.04 Å². The minimum Gasteiger partial charge on any atom is -0.480 e. The van der Waals surface area contributed by atoms with Crippen molar-refractivity contribution >= 4 is 38.4 Å². The average Bonchev–Trinajstić information content (AvgIpc) is 2.29. The molecule has 3 nitrogen and oxygen atoms in total. The molecule has 0 aliphatic heterocycles. The average molecular weight is 294 g/mol. The molecule has 4 heteroatoms. The molecule has 88 valence electrons. The summed E-state index contributed by atoms with van der Waals surface area (Å²) in [5.74, 6) is -0.860. The smallest absolute Gasteiger partial charge is 0.325 e. The second-order valence-electron chi connectivity index (χ2n) is 3.91. The molecule has 2 aromatic rings. The maximum atomic E-state index is 10.7. The minimum atomic E-state index is -0.860. The first kappa shape index (κ1) is 11.9. The molecule has 0 amide bonds.